The van der Waals surface area contributed by atoms with E-state index in [2.05, 4.69) is 5.32 Å². The quantitative estimate of drug-likeness (QED) is 0.673. The monoisotopic (exact) mass is 270 g/mol. The van der Waals surface area contributed by atoms with E-state index in [-0.39, 0.29) is 12.3 Å². The summed E-state index contributed by atoms with van der Waals surface area (Å²) in [5, 5.41) is 13.7. The lowest BCUT2D eigenvalue weighted by atomic mass is 10.2. The van der Waals surface area contributed by atoms with Crippen LogP contribution < -0.4 is 5.32 Å². The Bertz CT molecular complexity index is 463. The maximum Gasteiger partial charge on any atom is 0.316 e. The summed E-state index contributed by atoms with van der Waals surface area (Å²) in [7, 11) is 0. The zero-order valence-electron chi connectivity index (χ0n) is 9.34. The number of rotatable bonds is 3. The molecule has 0 saturated carbocycles. The molecule has 1 aliphatic rings. The highest BCUT2D eigenvalue weighted by Crippen LogP contribution is 2.22. The molecule has 0 spiro atoms. The predicted molar refractivity (Wildman–Crippen MR) is 65.0 cm³/mol. The minimum absolute atomic E-state index is 0.256. The van der Waals surface area contributed by atoms with Gasteiger partial charge in [-0.3, -0.25) is 14.9 Å². The van der Waals surface area contributed by atoms with Gasteiger partial charge in [0, 0.05) is 17.1 Å². The summed E-state index contributed by atoms with van der Waals surface area (Å²) in [4.78, 5) is 21.8. The van der Waals surface area contributed by atoms with Gasteiger partial charge < -0.3 is 10.1 Å². The van der Waals surface area contributed by atoms with E-state index in [4.69, 9.17) is 16.3 Å². The summed E-state index contributed by atoms with van der Waals surface area (Å²) in [6.45, 7) is 0. The minimum Gasteiger partial charge on any atom is -0.324 e. The second-order valence-corrected chi connectivity index (χ2v) is 4.37. The van der Waals surface area contributed by atoms with Crippen LogP contribution in [-0.2, 0) is 9.53 Å². The lowest BCUT2D eigenvalue weighted by Gasteiger charge is -2.10. The van der Waals surface area contributed by atoms with Gasteiger partial charge in [0.15, 0.2) is 0 Å². The molecule has 1 N–H and O–H groups in total. The highest BCUT2D eigenvalue weighted by atomic mass is 35.5. The van der Waals surface area contributed by atoms with Gasteiger partial charge in [-0.2, -0.15) is 0 Å². The Morgan fingerprint density at radius 3 is 2.61 bits per heavy atom. The van der Waals surface area contributed by atoms with Crippen LogP contribution in [0.25, 0.3) is 0 Å². The maximum absolute atomic E-state index is 11.8. The fraction of sp³-hybridized carbons (Fsp3) is 0.364. The largest absolute Gasteiger partial charge is 0.324 e. The number of nitrogens with one attached hydrogen (secondary N) is 1. The van der Waals surface area contributed by atoms with Crippen LogP contribution in [0.1, 0.15) is 12.8 Å². The summed E-state index contributed by atoms with van der Waals surface area (Å²) >= 11 is 5.72. The molecule has 1 amide bonds. The van der Waals surface area contributed by atoms with Gasteiger partial charge in [0.2, 0.25) is 0 Å². The predicted octanol–water partition coefficient (Wildman–Crippen LogP) is 2.06. The molecule has 0 radical (unpaired) electrons. The van der Waals surface area contributed by atoms with E-state index in [1.54, 1.807) is 24.3 Å². The summed E-state index contributed by atoms with van der Waals surface area (Å²) in [6, 6.07) is 6.60. The van der Waals surface area contributed by atoms with Gasteiger partial charge in [0.25, 0.3) is 5.91 Å². The molecule has 2 unspecified atom stereocenters. The molecule has 7 heteroatoms. The molecule has 18 heavy (non-hydrogen) atoms. The summed E-state index contributed by atoms with van der Waals surface area (Å²) < 4.78 is 5.04. The molecule has 0 aliphatic carbocycles. The van der Waals surface area contributed by atoms with Crippen LogP contribution in [0.2, 0.25) is 5.02 Å². The molecule has 6 nitrogen and oxygen atoms in total. The van der Waals surface area contributed by atoms with Crippen LogP contribution in [0.3, 0.4) is 0 Å². The first kappa shape index (κ1) is 12.8. The second-order valence-electron chi connectivity index (χ2n) is 3.94. The molecule has 96 valence electrons. The number of nitro groups is 1. The van der Waals surface area contributed by atoms with Crippen molar-refractivity contribution in [3.05, 3.63) is 39.4 Å². The number of halogens is 1. The highest BCUT2D eigenvalue weighted by Gasteiger charge is 2.37. The molecule has 1 heterocycles. The molecule has 1 fully saturated rings. The fourth-order valence-electron chi connectivity index (χ4n) is 1.72. The lowest BCUT2D eigenvalue weighted by molar-refractivity contribution is -0.570. The van der Waals surface area contributed by atoms with Gasteiger partial charge in [0.05, 0.1) is 4.92 Å². The molecule has 0 bridgehead atoms. The Balaban J connectivity index is 1.93. The number of amides is 1. The number of carbonyl (C=O) groups is 1. The summed E-state index contributed by atoms with van der Waals surface area (Å²) in [5.41, 5.74) is 0.581. The molecule has 1 aromatic carbocycles. The number of ether oxygens (including phenoxy) is 1. The van der Waals surface area contributed by atoms with Crippen molar-refractivity contribution in [2.75, 3.05) is 5.32 Å². The number of benzene rings is 1. The van der Waals surface area contributed by atoms with Crippen molar-refractivity contribution < 1.29 is 14.5 Å². The van der Waals surface area contributed by atoms with Crippen molar-refractivity contribution in [2.24, 2.45) is 0 Å². The number of nitrogens with zero attached hydrogens (tertiary/aromatic N) is 1. The first-order valence-corrected chi connectivity index (χ1v) is 5.79. The smallest absolute Gasteiger partial charge is 0.316 e. The highest BCUT2D eigenvalue weighted by molar-refractivity contribution is 6.30. The van der Waals surface area contributed by atoms with Gasteiger partial charge in [-0.05, 0) is 30.7 Å². The Morgan fingerprint density at radius 1 is 1.39 bits per heavy atom. The van der Waals surface area contributed by atoms with Crippen molar-refractivity contribution in [3.63, 3.8) is 0 Å². The van der Waals surface area contributed by atoms with E-state index in [9.17, 15) is 14.9 Å². The average molecular weight is 271 g/mol. The third-order valence-corrected chi connectivity index (χ3v) is 2.89. The molecule has 1 aliphatic heterocycles. The van der Waals surface area contributed by atoms with Crippen LogP contribution in [0.15, 0.2) is 24.3 Å². The first-order valence-electron chi connectivity index (χ1n) is 5.41. The van der Waals surface area contributed by atoms with Crippen molar-refractivity contribution in [3.8, 4) is 0 Å². The third kappa shape index (κ3) is 2.96. The zero-order chi connectivity index (χ0) is 13.1. The molecule has 2 atom stereocenters. The third-order valence-electron chi connectivity index (χ3n) is 2.64. The van der Waals surface area contributed by atoms with Crippen molar-refractivity contribution in [1.82, 2.24) is 0 Å². The normalized spacial score (nSPS) is 22.7. The first-order chi connectivity index (χ1) is 8.56. The SMILES string of the molecule is O=C(Nc1ccc(Cl)cc1)C1CCC([N+](=O)[O-])O1. The Hall–Kier alpha value is -1.66. The van der Waals surface area contributed by atoms with Crippen LogP contribution in [0, 0.1) is 10.1 Å². The van der Waals surface area contributed by atoms with Crippen LogP contribution in [-0.4, -0.2) is 23.2 Å². The van der Waals surface area contributed by atoms with E-state index in [1.165, 1.54) is 0 Å². The topological polar surface area (TPSA) is 81.5 Å². The molecule has 0 aromatic heterocycles. The zero-order valence-corrected chi connectivity index (χ0v) is 10.1. The van der Waals surface area contributed by atoms with Gasteiger partial charge in [-0.1, -0.05) is 11.6 Å². The number of hydrogen-bond acceptors (Lipinski definition) is 4. The molecular formula is C11H11ClN2O4. The van der Waals surface area contributed by atoms with Gasteiger partial charge in [-0.15, -0.1) is 0 Å². The number of carbonyl (C=O) groups excluding carboxylic acids is 1. The second kappa shape index (κ2) is 5.32. The van der Waals surface area contributed by atoms with Crippen molar-refractivity contribution >= 4 is 23.2 Å². The fourth-order valence-corrected chi connectivity index (χ4v) is 1.85. The Kier molecular flexibility index (Phi) is 3.78. The summed E-state index contributed by atoms with van der Waals surface area (Å²) in [5.74, 6) is -0.373. The van der Waals surface area contributed by atoms with Crippen LogP contribution in [0.5, 0.6) is 0 Å². The molecule has 2 rings (SSSR count). The maximum atomic E-state index is 11.8. The number of anilines is 1. The van der Waals surface area contributed by atoms with Gasteiger partial charge in [-0.25, -0.2) is 0 Å². The summed E-state index contributed by atoms with van der Waals surface area (Å²) in [6.07, 6.45) is -1.24. The lowest BCUT2D eigenvalue weighted by Crippen LogP contribution is -2.29. The van der Waals surface area contributed by atoms with Gasteiger partial charge in [0.1, 0.15) is 6.10 Å². The molecule has 1 saturated heterocycles. The van der Waals surface area contributed by atoms with Gasteiger partial charge >= 0.3 is 6.23 Å². The Morgan fingerprint density at radius 2 is 2.06 bits per heavy atom. The van der Waals surface area contributed by atoms with E-state index >= 15 is 0 Å². The molecular weight excluding hydrogens is 260 g/mol. The molecule has 1 aromatic rings. The Labute approximate surface area is 108 Å². The van der Waals surface area contributed by atoms with E-state index in [0.29, 0.717) is 17.1 Å². The van der Waals surface area contributed by atoms with Crippen molar-refractivity contribution in [2.45, 2.75) is 25.2 Å². The average Bonchev–Trinajstić information content (AvgIpc) is 2.81. The van der Waals surface area contributed by atoms with E-state index in [0.717, 1.165) is 0 Å². The van der Waals surface area contributed by atoms with E-state index in [1.807, 2.05) is 0 Å². The minimum atomic E-state index is -1.08. The number of hydrogen-bond donors (Lipinski definition) is 1. The standard InChI is InChI=1S/C11H11ClN2O4/c12-7-1-3-8(4-2-7)13-11(15)9-5-6-10(18-9)14(16)17/h1-4,9-10H,5-6H2,(H,13,15). The van der Waals surface area contributed by atoms with Crippen molar-refractivity contribution in [1.29, 1.82) is 0 Å². The van der Waals surface area contributed by atoms with Crippen LogP contribution >= 0.6 is 11.6 Å². The van der Waals surface area contributed by atoms with E-state index < -0.39 is 17.3 Å². The van der Waals surface area contributed by atoms with Crippen LogP contribution in [0.4, 0.5) is 5.69 Å².